The first kappa shape index (κ1) is 23.7. The summed E-state index contributed by atoms with van der Waals surface area (Å²) in [4.78, 5) is 19.0. The van der Waals surface area contributed by atoms with Crippen LogP contribution in [0.2, 0.25) is 0 Å². The van der Waals surface area contributed by atoms with E-state index in [2.05, 4.69) is 46.6 Å². The van der Waals surface area contributed by atoms with Gasteiger partial charge < -0.3 is 25.6 Å². The second kappa shape index (κ2) is 12.2. The number of carbonyl (C=O) groups is 1. The molecule has 0 aromatic rings. The summed E-state index contributed by atoms with van der Waals surface area (Å²) in [6.45, 7) is 17.9. The Labute approximate surface area is 165 Å². The van der Waals surface area contributed by atoms with E-state index < -0.39 is 0 Å². The Bertz CT molecular complexity index is 452. The third kappa shape index (κ3) is 10.5. The Morgan fingerprint density at radius 2 is 1.89 bits per heavy atom. The van der Waals surface area contributed by atoms with Crippen LogP contribution in [0.4, 0.5) is 0 Å². The number of nitrogens with one attached hydrogen (secondary N) is 3. The summed E-state index contributed by atoms with van der Waals surface area (Å²) in [5.74, 6) is 0.897. The predicted molar refractivity (Wildman–Crippen MR) is 112 cm³/mol. The maximum absolute atomic E-state index is 11.9. The first-order valence-corrected chi connectivity index (χ1v) is 10.4. The summed E-state index contributed by atoms with van der Waals surface area (Å²) in [7, 11) is 0. The largest absolute Gasteiger partial charge is 0.377 e. The van der Waals surface area contributed by atoms with Crippen molar-refractivity contribution in [1.82, 2.24) is 20.9 Å². The van der Waals surface area contributed by atoms with Gasteiger partial charge in [-0.1, -0.05) is 20.8 Å². The average molecular weight is 384 g/mol. The van der Waals surface area contributed by atoms with Crippen LogP contribution in [0.3, 0.4) is 0 Å². The first-order valence-electron chi connectivity index (χ1n) is 10.4. The average Bonchev–Trinajstić information content (AvgIpc) is 2.59. The molecule has 158 valence electrons. The summed E-state index contributed by atoms with van der Waals surface area (Å²) < 4.78 is 5.64. The lowest BCUT2D eigenvalue weighted by Crippen LogP contribution is -2.49. The molecule has 0 bridgehead atoms. The van der Waals surface area contributed by atoms with Gasteiger partial charge in [-0.3, -0.25) is 9.79 Å². The van der Waals surface area contributed by atoms with Crippen LogP contribution in [-0.2, 0) is 9.53 Å². The Kier molecular flexibility index (Phi) is 10.7. The Balaban J connectivity index is 2.32. The van der Waals surface area contributed by atoms with Crippen LogP contribution in [0.25, 0.3) is 0 Å². The Morgan fingerprint density at radius 1 is 1.22 bits per heavy atom. The third-order valence-corrected chi connectivity index (χ3v) is 4.48. The molecule has 0 aliphatic carbocycles. The number of ether oxygens (including phenoxy) is 1. The Hall–Kier alpha value is -1.34. The number of carbonyl (C=O) groups excluding carboxylic acids is 1. The molecule has 0 radical (unpaired) electrons. The molecule has 1 saturated heterocycles. The minimum absolute atomic E-state index is 0.0597. The van der Waals surface area contributed by atoms with Gasteiger partial charge in [0.05, 0.1) is 19.3 Å². The molecule has 0 aromatic carbocycles. The highest BCUT2D eigenvalue weighted by Gasteiger charge is 2.21. The highest BCUT2D eigenvalue weighted by atomic mass is 16.5. The molecule has 3 N–H and O–H groups in total. The third-order valence-electron chi connectivity index (χ3n) is 4.48. The van der Waals surface area contributed by atoms with Gasteiger partial charge in [0.2, 0.25) is 5.91 Å². The number of guanidine groups is 1. The number of likely N-dealkylation sites (tertiary alicyclic amines) is 1. The van der Waals surface area contributed by atoms with E-state index in [1.807, 2.05) is 20.8 Å². The molecule has 1 fully saturated rings. The standard InChI is InChI=1S/C20H41N5O2/c1-7-21-19(23-11-10-22-18(26)20(4,5)6)24-17-8-12-25(13-9-17)14-15-27-16(2)3/h16-17H,7-15H2,1-6H3,(H,22,26)(H2,21,23,24). The number of amides is 1. The van der Waals surface area contributed by atoms with Crippen LogP contribution in [0.5, 0.6) is 0 Å². The zero-order valence-electron chi connectivity index (χ0n) is 18.2. The van der Waals surface area contributed by atoms with Crippen molar-refractivity contribution in [3.05, 3.63) is 0 Å². The van der Waals surface area contributed by atoms with Gasteiger partial charge in [0.15, 0.2) is 5.96 Å². The molecule has 1 amide bonds. The summed E-state index contributed by atoms with van der Waals surface area (Å²) in [6, 6.07) is 0.439. The number of hydrogen-bond donors (Lipinski definition) is 3. The lowest BCUT2D eigenvalue weighted by Gasteiger charge is -2.33. The van der Waals surface area contributed by atoms with Gasteiger partial charge in [-0.15, -0.1) is 0 Å². The van der Waals surface area contributed by atoms with Crippen molar-refractivity contribution < 1.29 is 9.53 Å². The SMILES string of the molecule is CCNC(=NCCNC(=O)C(C)(C)C)NC1CCN(CCOC(C)C)CC1. The molecule has 1 aliphatic rings. The first-order chi connectivity index (χ1) is 12.7. The number of nitrogens with zero attached hydrogens (tertiary/aromatic N) is 2. The van der Waals surface area contributed by atoms with Crippen molar-refractivity contribution in [2.75, 3.05) is 45.9 Å². The maximum Gasteiger partial charge on any atom is 0.225 e. The molecular weight excluding hydrogens is 342 g/mol. The zero-order chi connectivity index (χ0) is 20.3. The Morgan fingerprint density at radius 3 is 2.44 bits per heavy atom. The second-order valence-corrected chi connectivity index (χ2v) is 8.45. The van der Waals surface area contributed by atoms with Crippen LogP contribution < -0.4 is 16.0 Å². The number of rotatable bonds is 9. The van der Waals surface area contributed by atoms with Crippen molar-refractivity contribution in [3.8, 4) is 0 Å². The second-order valence-electron chi connectivity index (χ2n) is 8.45. The molecule has 0 unspecified atom stereocenters. The van der Waals surface area contributed by atoms with Crippen molar-refractivity contribution >= 4 is 11.9 Å². The number of hydrogen-bond acceptors (Lipinski definition) is 4. The summed E-state index contributed by atoms with van der Waals surface area (Å²) in [5, 5.41) is 9.77. The van der Waals surface area contributed by atoms with Gasteiger partial charge in [0, 0.05) is 44.2 Å². The molecule has 1 heterocycles. The van der Waals surface area contributed by atoms with E-state index in [0.717, 1.165) is 51.6 Å². The molecule has 1 aliphatic heterocycles. The fraction of sp³-hybridized carbons (Fsp3) is 0.900. The molecule has 27 heavy (non-hydrogen) atoms. The predicted octanol–water partition coefficient (Wildman–Crippen LogP) is 1.59. The molecule has 7 nitrogen and oxygen atoms in total. The van der Waals surface area contributed by atoms with Gasteiger partial charge in [0.25, 0.3) is 0 Å². The summed E-state index contributed by atoms with van der Waals surface area (Å²) in [5.41, 5.74) is -0.360. The molecule has 0 aromatic heterocycles. The molecule has 0 atom stereocenters. The van der Waals surface area contributed by atoms with Crippen LogP contribution in [-0.4, -0.2) is 74.8 Å². The van der Waals surface area contributed by atoms with Crippen molar-refractivity contribution in [1.29, 1.82) is 0 Å². The smallest absolute Gasteiger partial charge is 0.225 e. The lowest BCUT2D eigenvalue weighted by molar-refractivity contribution is -0.128. The maximum atomic E-state index is 11.9. The van der Waals surface area contributed by atoms with Gasteiger partial charge in [0.1, 0.15) is 0 Å². The van der Waals surface area contributed by atoms with Gasteiger partial charge in [-0.05, 0) is 33.6 Å². The van der Waals surface area contributed by atoms with Gasteiger partial charge >= 0.3 is 0 Å². The van der Waals surface area contributed by atoms with Crippen LogP contribution in [0, 0.1) is 5.41 Å². The van der Waals surface area contributed by atoms with Crippen molar-refractivity contribution in [3.63, 3.8) is 0 Å². The normalized spacial score (nSPS) is 17.2. The quantitative estimate of drug-likeness (QED) is 0.320. The van der Waals surface area contributed by atoms with Gasteiger partial charge in [-0.2, -0.15) is 0 Å². The monoisotopic (exact) mass is 383 g/mol. The van der Waals surface area contributed by atoms with E-state index in [1.54, 1.807) is 0 Å². The van der Waals surface area contributed by atoms with E-state index in [4.69, 9.17) is 4.74 Å². The van der Waals surface area contributed by atoms with Crippen LogP contribution in [0.15, 0.2) is 4.99 Å². The molecular formula is C20H41N5O2. The van der Waals surface area contributed by atoms with E-state index >= 15 is 0 Å². The summed E-state index contributed by atoms with van der Waals surface area (Å²) in [6.07, 6.45) is 2.51. The van der Waals surface area contributed by atoms with E-state index in [9.17, 15) is 4.79 Å². The van der Waals surface area contributed by atoms with E-state index in [1.165, 1.54) is 0 Å². The number of aliphatic imine (C=N–C) groups is 1. The minimum Gasteiger partial charge on any atom is -0.377 e. The van der Waals surface area contributed by atoms with Crippen LogP contribution >= 0.6 is 0 Å². The van der Waals surface area contributed by atoms with E-state index in [-0.39, 0.29) is 11.3 Å². The molecule has 0 spiro atoms. The molecule has 1 rings (SSSR count). The highest BCUT2D eigenvalue weighted by Crippen LogP contribution is 2.12. The minimum atomic E-state index is -0.360. The summed E-state index contributed by atoms with van der Waals surface area (Å²) >= 11 is 0. The fourth-order valence-electron chi connectivity index (χ4n) is 2.83. The lowest BCUT2D eigenvalue weighted by atomic mass is 9.96. The van der Waals surface area contributed by atoms with Crippen molar-refractivity contribution in [2.45, 2.75) is 66.5 Å². The highest BCUT2D eigenvalue weighted by molar-refractivity contribution is 5.81. The molecule has 0 saturated carbocycles. The fourth-order valence-corrected chi connectivity index (χ4v) is 2.83. The molecule has 7 heteroatoms. The zero-order valence-corrected chi connectivity index (χ0v) is 18.2. The topological polar surface area (TPSA) is 78.0 Å². The van der Waals surface area contributed by atoms with Gasteiger partial charge in [-0.25, -0.2) is 0 Å². The van der Waals surface area contributed by atoms with Crippen molar-refractivity contribution in [2.24, 2.45) is 10.4 Å². The van der Waals surface area contributed by atoms with E-state index in [0.29, 0.717) is 25.2 Å². The van der Waals surface area contributed by atoms with Crippen LogP contribution in [0.1, 0.15) is 54.4 Å². The number of piperidine rings is 1.